The van der Waals surface area contributed by atoms with Gasteiger partial charge in [0.25, 0.3) is 0 Å². The average molecular weight is 300 g/mol. The predicted octanol–water partition coefficient (Wildman–Crippen LogP) is 4.06. The molecular weight excluding hydrogens is 274 g/mol. The molecule has 20 heavy (non-hydrogen) atoms. The van der Waals surface area contributed by atoms with Crippen molar-refractivity contribution in [3.8, 4) is 5.75 Å². The second-order valence-corrected chi connectivity index (χ2v) is 5.72. The maximum atomic E-state index is 6.07. The molecule has 0 aromatic heterocycles. The van der Waals surface area contributed by atoms with E-state index in [1.54, 1.807) is 0 Å². The van der Waals surface area contributed by atoms with Crippen molar-refractivity contribution in [2.24, 2.45) is 5.92 Å². The zero-order chi connectivity index (χ0) is 15.0. The molecule has 1 aromatic carbocycles. The average Bonchev–Trinajstić information content (AvgIpc) is 2.39. The van der Waals surface area contributed by atoms with E-state index in [9.17, 15) is 0 Å². The zero-order valence-corrected chi connectivity index (χ0v) is 13.7. The van der Waals surface area contributed by atoms with Crippen molar-refractivity contribution in [2.45, 2.75) is 33.7 Å². The molecule has 4 heteroatoms. The maximum absolute atomic E-state index is 6.07. The van der Waals surface area contributed by atoms with Crippen LogP contribution < -0.4 is 10.1 Å². The third kappa shape index (κ3) is 6.12. The first-order valence-corrected chi connectivity index (χ1v) is 7.65. The van der Waals surface area contributed by atoms with Gasteiger partial charge in [-0.3, -0.25) is 0 Å². The lowest BCUT2D eigenvalue weighted by Crippen LogP contribution is -2.19. The molecule has 0 amide bonds. The highest BCUT2D eigenvalue weighted by molar-refractivity contribution is 6.30. The molecule has 1 rings (SSSR count). The van der Waals surface area contributed by atoms with Crippen LogP contribution in [0.3, 0.4) is 0 Å². The lowest BCUT2D eigenvalue weighted by atomic mass is 10.1. The van der Waals surface area contributed by atoms with E-state index >= 15 is 0 Å². The summed E-state index contributed by atoms with van der Waals surface area (Å²) in [6, 6.07) is 5.95. The monoisotopic (exact) mass is 299 g/mol. The van der Waals surface area contributed by atoms with Crippen LogP contribution in [0.15, 0.2) is 18.2 Å². The number of halogens is 1. The van der Waals surface area contributed by atoms with E-state index in [0.717, 1.165) is 29.5 Å². The van der Waals surface area contributed by atoms with E-state index in [4.69, 9.17) is 21.1 Å². The SMILES string of the molecule is CCNC(C)c1cc(Cl)ccc1OCCOCC(C)C. The Morgan fingerprint density at radius 3 is 2.60 bits per heavy atom. The van der Waals surface area contributed by atoms with Gasteiger partial charge < -0.3 is 14.8 Å². The Kier molecular flexibility index (Phi) is 7.97. The second kappa shape index (κ2) is 9.22. The van der Waals surface area contributed by atoms with Crippen LogP contribution in [0.25, 0.3) is 0 Å². The molecule has 1 N–H and O–H groups in total. The van der Waals surface area contributed by atoms with Gasteiger partial charge in [0.05, 0.1) is 6.61 Å². The van der Waals surface area contributed by atoms with Crippen molar-refractivity contribution >= 4 is 11.6 Å². The van der Waals surface area contributed by atoms with Crippen LogP contribution in [0.1, 0.15) is 39.3 Å². The summed E-state index contributed by atoms with van der Waals surface area (Å²) in [5.74, 6) is 1.42. The Morgan fingerprint density at radius 2 is 1.95 bits per heavy atom. The highest BCUT2D eigenvalue weighted by atomic mass is 35.5. The quantitative estimate of drug-likeness (QED) is 0.698. The van der Waals surface area contributed by atoms with Gasteiger partial charge >= 0.3 is 0 Å². The summed E-state index contributed by atoms with van der Waals surface area (Å²) in [4.78, 5) is 0. The lowest BCUT2D eigenvalue weighted by molar-refractivity contribution is 0.0815. The van der Waals surface area contributed by atoms with Gasteiger partial charge in [-0.05, 0) is 37.6 Å². The zero-order valence-electron chi connectivity index (χ0n) is 12.9. The van der Waals surface area contributed by atoms with E-state index in [1.165, 1.54) is 0 Å². The molecule has 0 fully saturated rings. The molecule has 0 bridgehead atoms. The molecule has 114 valence electrons. The number of benzene rings is 1. The fourth-order valence-corrected chi connectivity index (χ4v) is 2.12. The molecule has 1 unspecified atom stereocenters. The molecule has 0 aliphatic heterocycles. The summed E-state index contributed by atoms with van der Waals surface area (Å²) in [7, 11) is 0. The van der Waals surface area contributed by atoms with Gasteiger partial charge in [0, 0.05) is 23.2 Å². The topological polar surface area (TPSA) is 30.5 Å². The van der Waals surface area contributed by atoms with Crippen molar-refractivity contribution in [2.75, 3.05) is 26.4 Å². The van der Waals surface area contributed by atoms with Crippen LogP contribution in [-0.2, 0) is 4.74 Å². The third-order valence-corrected chi connectivity index (χ3v) is 3.12. The molecule has 1 atom stereocenters. The molecule has 0 aliphatic rings. The molecule has 0 aliphatic carbocycles. The number of nitrogens with one attached hydrogen (secondary N) is 1. The Balaban J connectivity index is 2.55. The lowest BCUT2D eigenvalue weighted by Gasteiger charge is -2.18. The van der Waals surface area contributed by atoms with E-state index in [1.807, 2.05) is 18.2 Å². The Bertz CT molecular complexity index is 396. The van der Waals surface area contributed by atoms with E-state index in [0.29, 0.717) is 19.1 Å². The largest absolute Gasteiger partial charge is 0.491 e. The van der Waals surface area contributed by atoms with Gasteiger partial charge in [0.15, 0.2) is 0 Å². The molecule has 1 aromatic rings. The molecule has 3 nitrogen and oxygen atoms in total. The summed E-state index contributed by atoms with van der Waals surface area (Å²) < 4.78 is 11.3. The number of ether oxygens (including phenoxy) is 2. The molecule has 0 spiro atoms. The van der Waals surface area contributed by atoms with Gasteiger partial charge in [-0.1, -0.05) is 32.4 Å². The van der Waals surface area contributed by atoms with Crippen molar-refractivity contribution in [3.05, 3.63) is 28.8 Å². The first-order chi connectivity index (χ1) is 9.54. The summed E-state index contributed by atoms with van der Waals surface area (Å²) in [6.07, 6.45) is 0. The van der Waals surface area contributed by atoms with Crippen LogP contribution in [0.4, 0.5) is 0 Å². The number of rotatable bonds is 9. The molecule has 0 heterocycles. The summed E-state index contributed by atoms with van der Waals surface area (Å²) in [6.45, 7) is 11.3. The fourth-order valence-electron chi connectivity index (χ4n) is 1.93. The van der Waals surface area contributed by atoms with Crippen molar-refractivity contribution in [1.29, 1.82) is 0 Å². The van der Waals surface area contributed by atoms with Crippen molar-refractivity contribution < 1.29 is 9.47 Å². The number of hydrogen-bond acceptors (Lipinski definition) is 3. The normalized spacial score (nSPS) is 12.7. The van der Waals surface area contributed by atoms with Gasteiger partial charge in [-0.25, -0.2) is 0 Å². The van der Waals surface area contributed by atoms with Crippen molar-refractivity contribution in [3.63, 3.8) is 0 Å². The minimum atomic E-state index is 0.213. The maximum Gasteiger partial charge on any atom is 0.124 e. The molecule has 0 radical (unpaired) electrons. The highest BCUT2D eigenvalue weighted by Gasteiger charge is 2.11. The highest BCUT2D eigenvalue weighted by Crippen LogP contribution is 2.28. The number of hydrogen-bond donors (Lipinski definition) is 1. The van der Waals surface area contributed by atoms with Gasteiger partial charge in [-0.2, -0.15) is 0 Å². The van der Waals surface area contributed by atoms with Crippen LogP contribution in [0.2, 0.25) is 5.02 Å². The van der Waals surface area contributed by atoms with E-state index in [-0.39, 0.29) is 6.04 Å². The van der Waals surface area contributed by atoms with Gasteiger partial charge in [-0.15, -0.1) is 0 Å². The Labute approximate surface area is 127 Å². The second-order valence-electron chi connectivity index (χ2n) is 5.28. The van der Waals surface area contributed by atoms with Crippen molar-refractivity contribution in [1.82, 2.24) is 5.32 Å². The standard InChI is InChI=1S/C16H26ClNO2/c1-5-18-13(4)15-10-14(17)6-7-16(15)20-9-8-19-11-12(2)3/h6-7,10,12-13,18H,5,8-9,11H2,1-4H3. The van der Waals surface area contributed by atoms with Crippen LogP contribution in [0, 0.1) is 5.92 Å². The van der Waals surface area contributed by atoms with Crippen LogP contribution in [-0.4, -0.2) is 26.4 Å². The third-order valence-electron chi connectivity index (χ3n) is 2.89. The summed E-state index contributed by atoms with van der Waals surface area (Å²) >= 11 is 6.07. The van der Waals surface area contributed by atoms with Crippen LogP contribution in [0.5, 0.6) is 5.75 Å². The first-order valence-electron chi connectivity index (χ1n) is 7.28. The van der Waals surface area contributed by atoms with E-state index < -0.39 is 0 Å². The van der Waals surface area contributed by atoms with E-state index in [2.05, 4.69) is 33.0 Å². The minimum Gasteiger partial charge on any atom is -0.491 e. The first kappa shape index (κ1) is 17.3. The summed E-state index contributed by atoms with van der Waals surface area (Å²) in [5, 5.41) is 4.11. The molecule has 0 saturated carbocycles. The Hall–Kier alpha value is -0.770. The summed E-state index contributed by atoms with van der Waals surface area (Å²) in [5.41, 5.74) is 1.09. The Morgan fingerprint density at radius 1 is 1.20 bits per heavy atom. The van der Waals surface area contributed by atoms with Gasteiger partial charge in [0.2, 0.25) is 0 Å². The molecule has 0 saturated heterocycles. The minimum absolute atomic E-state index is 0.213. The smallest absolute Gasteiger partial charge is 0.124 e. The van der Waals surface area contributed by atoms with Gasteiger partial charge in [0.1, 0.15) is 12.4 Å². The predicted molar refractivity (Wildman–Crippen MR) is 84.7 cm³/mol. The fraction of sp³-hybridized carbons (Fsp3) is 0.625. The molecular formula is C16H26ClNO2. The van der Waals surface area contributed by atoms with Crippen LogP contribution >= 0.6 is 11.6 Å².